The summed E-state index contributed by atoms with van der Waals surface area (Å²) < 4.78 is 27.7. The Labute approximate surface area is 213 Å². The number of benzene rings is 2. The van der Waals surface area contributed by atoms with Crippen LogP contribution in [0.1, 0.15) is 62.3 Å². The number of hydrogen-bond donors (Lipinski definition) is 1. The summed E-state index contributed by atoms with van der Waals surface area (Å²) in [4.78, 5) is 34.8. The number of halogens is 2. The van der Waals surface area contributed by atoms with Crippen LogP contribution in [-0.4, -0.2) is 40.3 Å². The van der Waals surface area contributed by atoms with Gasteiger partial charge in [0.1, 0.15) is 17.0 Å². The van der Waals surface area contributed by atoms with E-state index >= 15 is 0 Å². The topological polar surface area (TPSA) is 102 Å². The Bertz CT molecular complexity index is 1060. The molecule has 2 aromatic carbocycles. The highest BCUT2D eigenvalue weighted by Gasteiger charge is 2.30. The summed E-state index contributed by atoms with van der Waals surface area (Å²) in [5.74, 6) is -0.317. The van der Waals surface area contributed by atoms with Crippen molar-refractivity contribution >= 4 is 50.8 Å². The molecule has 2 aromatic rings. The standard InChI is InChI=1S/C15H15BrFNO2.C10H18O5/c1-15(2,3)18(14(19)20)12-7-4-9-8-10(17)5-6-11(9)13(12)16;1-9(2,3)14-7(11)13-8(12)15-10(4,5)6/h4-8H,1-3H3,(H,19,20);1-6H3. The maximum atomic E-state index is 13.2. The predicted molar refractivity (Wildman–Crippen MR) is 135 cm³/mol. The van der Waals surface area contributed by atoms with Crippen LogP contribution in [0.25, 0.3) is 10.8 Å². The Balaban J connectivity index is 0.000000367. The van der Waals surface area contributed by atoms with Crippen molar-refractivity contribution in [3.63, 3.8) is 0 Å². The second kappa shape index (κ2) is 11.2. The Kier molecular flexibility index (Phi) is 9.68. The molecule has 1 amide bonds. The molecule has 0 radical (unpaired) electrons. The van der Waals surface area contributed by atoms with Crippen LogP contribution in [0.2, 0.25) is 0 Å². The summed E-state index contributed by atoms with van der Waals surface area (Å²) in [5, 5.41) is 10.9. The molecule has 0 fully saturated rings. The lowest BCUT2D eigenvalue weighted by atomic mass is 10.0. The van der Waals surface area contributed by atoms with E-state index in [0.29, 0.717) is 10.2 Å². The first-order valence-electron chi connectivity index (χ1n) is 10.8. The van der Waals surface area contributed by atoms with Crippen molar-refractivity contribution in [3.05, 3.63) is 40.6 Å². The van der Waals surface area contributed by atoms with Gasteiger partial charge in [-0.1, -0.05) is 12.1 Å². The summed E-state index contributed by atoms with van der Waals surface area (Å²) in [6.45, 7) is 15.5. The largest absolute Gasteiger partial charge is 0.519 e. The first kappa shape index (κ1) is 30.2. The van der Waals surface area contributed by atoms with E-state index in [1.54, 1.807) is 59.7 Å². The molecule has 0 aliphatic carbocycles. The number of carbonyl (C=O) groups is 3. The molecule has 35 heavy (non-hydrogen) atoms. The van der Waals surface area contributed by atoms with Crippen molar-refractivity contribution in [1.82, 2.24) is 0 Å². The lowest BCUT2D eigenvalue weighted by molar-refractivity contribution is -0.0293. The Morgan fingerprint density at radius 3 is 1.74 bits per heavy atom. The fraction of sp³-hybridized carbons (Fsp3) is 0.480. The highest BCUT2D eigenvalue weighted by Crippen LogP contribution is 2.37. The first-order valence-corrected chi connectivity index (χ1v) is 11.6. The van der Waals surface area contributed by atoms with E-state index in [9.17, 15) is 23.9 Å². The average molecular weight is 558 g/mol. The van der Waals surface area contributed by atoms with Crippen molar-refractivity contribution in [3.8, 4) is 0 Å². The normalized spacial score (nSPS) is 11.7. The monoisotopic (exact) mass is 557 g/mol. The van der Waals surface area contributed by atoms with Gasteiger partial charge in [-0.25, -0.2) is 18.8 Å². The lowest BCUT2D eigenvalue weighted by Crippen LogP contribution is -2.45. The van der Waals surface area contributed by atoms with Crippen molar-refractivity contribution in [2.24, 2.45) is 0 Å². The third-order valence-corrected chi connectivity index (χ3v) is 4.78. The SMILES string of the molecule is CC(C)(C)N(C(=O)O)c1ccc2cc(F)ccc2c1Br.CC(C)(C)OC(=O)OC(=O)OC(C)(C)C. The molecule has 0 heterocycles. The molecule has 0 saturated carbocycles. The molecule has 0 saturated heterocycles. The maximum Gasteiger partial charge on any atom is 0.519 e. The summed E-state index contributed by atoms with van der Waals surface area (Å²) in [7, 11) is 0. The Morgan fingerprint density at radius 2 is 1.34 bits per heavy atom. The van der Waals surface area contributed by atoms with Gasteiger partial charge in [-0.15, -0.1) is 0 Å². The number of carbonyl (C=O) groups excluding carboxylic acids is 2. The van der Waals surface area contributed by atoms with Crippen molar-refractivity contribution in [2.45, 2.75) is 79.1 Å². The van der Waals surface area contributed by atoms with Crippen LogP contribution in [0.3, 0.4) is 0 Å². The highest BCUT2D eigenvalue weighted by atomic mass is 79.9. The fourth-order valence-electron chi connectivity index (χ4n) is 2.78. The van der Waals surface area contributed by atoms with Gasteiger partial charge >= 0.3 is 18.4 Å². The van der Waals surface area contributed by atoms with Crippen LogP contribution in [0.5, 0.6) is 0 Å². The number of anilines is 1. The number of nitrogens with zero attached hydrogens (tertiary/aromatic N) is 1. The van der Waals surface area contributed by atoms with Crippen LogP contribution in [0.15, 0.2) is 34.8 Å². The Hall–Kier alpha value is -2.88. The minimum atomic E-state index is -1.06. The molecule has 1 N–H and O–H groups in total. The number of hydrogen-bond acceptors (Lipinski definition) is 6. The summed E-state index contributed by atoms with van der Waals surface area (Å²) in [6.07, 6.45) is -3.15. The molecule has 0 atom stereocenters. The molecular weight excluding hydrogens is 525 g/mol. The van der Waals surface area contributed by atoms with Gasteiger partial charge in [-0.2, -0.15) is 0 Å². The molecular formula is C25H33BrFNO7. The predicted octanol–water partition coefficient (Wildman–Crippen LogP) is 7.90. The number of amides is 1. The van der Waals surface area contributed by atoms with Crippen molar-refractivity contribution in [2.75, 3.05) is 4.90 Å². The number of rotatable bonds is 1. The molecule has 0 unspecified atom stereocenters. The molecule has 194 valence electrons. The molecule has 0 aliphatic rings. The van der Waals surface area contributed by atoms with E-state index < -0.39 is 35.1 Å². The second-order valence-corrected chi connectivity index (χ2v) is 11.4. The molecule has 0 aromatic heterocycles. The third kappa shape index (κ3) is 10.1. The minimum absolute atomic E-state index is 0.317. The minimum Gasteiger partial charge on any atom is -0.465 e. The van der Waals surface area contributed by atoms with E-state index in [4.69, 9.17) is 9.47 Å². The van der Waals surface area contributed by atoms with Gasteiger partial charge in [0.2, 0.25) is 0 Å². The smallest absolute Gasteiger partial charge is 0.465 e. The van der Waals surface area contributed by atoms with Crippen molar-refractivity contribution in [1.29, 1.82) is 0 Å². The third-order valence-electron chi connectivity index (χ3n) is 3.94. The van der Waals surface area contributed by atoms with Crippen LogP contribution in [0, 0.1) is 5.82 Å². The van der Waals surface area contributed by atoms with Crippen LogP contribution >= 0.6 is 15.9 Å². The zero-order valence-electron chi connectivity index (χ0n) is 21.5. The molecule has 0 spiro atoms. The summed E-state index contributed by atoms with van der Waals surface area (Å²) in [5.41, 5.74) is -1.43. The zero-order chi connectivity index (χ0) is 27.4. The first-order chi connectivity index (χ1) is 15.7. The lowest BCUT2D eigenvalue weighted by Gasteiger charge is -2.34. The Morgan fingerprint density at radius 1 is 0.857 bits per heavy atom. The zero-order valence-corrected chi connectivity index (χ0v) is 23.1. The van der Waals surface area contributed by atoms with Crippen LogP contribution < -0.4 is 4.90 Å². The van der Waals surface area contributed by atoms with Crippen LogP contribution in [-0.2, 0) is 14.2 Å². The average Bonchev–Trinajstić information content (AvgIpc) is 2.59. The van der Waals surface area contributed by atoms with Crippen molar-refractivity contribution < 1.29 is 38.1 Å². The van der Waals surface area contributed by atoms with E-state index in [-0.39, 0.29) is 5.82 Å². The number of carboxylic acid groups (broad SMARTS) is 1. The quantitative estimate of drug-likeness (QED) is 0.280. The molecule has 0 aliphatic heterocycles. The molecule has 2 rings (SSSR count). The van der Waals surface area contributed by atoms with Gasteiger partial charge in [-0.05, 0) is 107 Å². The molecule has 0 bridgehead atoms. The van der Waals surface area contributed by atoms with E-state index in [2.05, 4.69) is 20.7 Å². The molecule has 8 nitrogen and oxygen atoms in total. The maximum absolute atomic E-state index is 13.2. The fourth-order valence-corrected chi connectivity index (χ4v) is 3.46. The summed E-state index contributed by atoms with van der Waals surface area (Å²) in [6, 6.07) is 7.83. The second-order valence-electron chi connectivity index (χ2n) is 10.6. The highest BCUT2D eigenvalue weighted by molar-refractivity contribution is 9.10. The summed E-state index contributed by atoms with van der Waals surface area (Å²) >= 11 is 3.44. The molecule has 10 heteroatoms. The van der Waals surface area contributed by atoms with Gasteiger partial charge in [-0.3, -0.25) is 4.90 Å². The van der Waals surface area contributed by atoms with E-state index in [1.807, 2.05) is 20.8 Å². The number of ether oxygens (including phenoxy) is 3. The van der Waals surface area contributed by atoms with E-state index in [1.165, 1.54) is 17.0 Å². The van der Waals surface area contributed by atoms with Gasteiger partial charge in [0.15, 0.2) is 0 Å². The van der Waals surface area contributed by atoms with E-state index in [0.717, 1.165) is 10.8 Å². The number of fused-ring (bicyclic) bond motifs is 1. The van der Waals surface area contributed by atoms with Crippen LogP contribution in [0.4, 0.5) is 24.5 Å². The van der Waals surface area contributed by atoms with Gasteiger partial charge < -0.3 is 19.3 Å². The van der Waals surface area contributed by atoms with Gasteiger partial charge in [0.05, 0.1) is 5.69 Å². The van der Waals surface area contributed by atoms with Gasteiger partial charge in [0, 0.05) is 10.0 Å². The van der Waals surface area contributed by atoms with Gasteiger partial charge in [0.25, 0.3) is 0 Å².